The molecule has 17 heavy (non-hydrogen) atoms. The van der Waals surface area contributed by atoms with Gasteiger partial charge in [0.2, 0.25) is 0 Å². The molecule has 1 aromatic rings. The molecule has 2 atom stereocenters. The first-order valence-electron chi connectivity index (χ1n) is 5.83. The Morgan fingerprint density at radius 3 is 2.47 bits per heavy atom. The fourth-order valence-electron chi connectivity index (χ4n) is 2.14. The van der Waals surface area contributed by atoms with Crippen LogP contribution in [0.1, 0.15) is 24.2 Å². The predicted octanol–water partition coefficient (Wildman–Crippen LogP) is 2.76. The van der Waals surface area contributed by atoms with Crippen molar-refractivity contribution in [2.45, 2.75) is 13.8 Å². The SMILES string of the molecule is CC1CN(C(=O)c2ccc(N)c(Br)c2)CC1C. The lowest BCUT2D eigenvalue weighted by Gasteiger charge is -2.16. The minimum atomic E-state index is 0.0990. The molecule has 1 fully saturated rings. The molecule has 0 bridgehead atoms. The van der Waals surface area contributed by atoms with Crippen LogP contribution in [-0.4, -0.2) is 23.9 Å². The predicted molar refractivity (Wildman–Crippen MR) is 72.8 cm³/mol. The lowest BCUT2D eigenvalue weighted by molar-refractivity contribution is 0.0785. The van der Waals surface area contributed by atoms with Crippen LogP contribution in [0.5, 0.6) is 0 Å². The molecular weight excluding hydrogens is 280 g/mol. The molecule has 1 heterocycles. The summed E-state index contributed by atoms with van der Waals surface area (Å²) in [6, 6.07) is 5.35. The maximum absolute atomic E-state index is 12.3. The summed E-state index contributed by atoms with van der Waals surface area (Å²) in [6.07, 6.45) is 0. The van der Waals surface area contributed by atoms with E-state index in [1.165, 1.54) is 0 Å². The third-order valence-corrected chi connectivity index (χ3v) is 4.21. The Bertz CT molecular complexity index is 437. The van der Waals surface area contributed by atoms with Crippen LogP contribution in [0.4, 0.5) is 5.69 Å². The Balaban J connectivity index is 2.17. The Kier molecular flexibility index (Phi) is 3.43. The average Bonchev–Trinajstić information content (AvgIpc) is 2.62. The molecule has 1 aliphatic heterocycles. The number of carbonyl (C=O) groups is 1. The van der Waals surface area contributed by atoms with E-state index in [0.29, 0.717) is 23.1 Å². The second-order valence-electron chi connectivity index (χ2n) is 4.90. The molecule has 2 N–H and O–H groups in total. The van der Waals surface area contributed by atoms with Crippen molar-refractivity contribution < 1.29 is 4.79 Å². The van der Waals surface area contributed by atoms with Crippen LogP contribution in [-0.2, 0) is 0 Å². The second kappa shape index (κ2) is 4.69. The number of anilines is 1. The highest BCUT2D eigenvalue weighted by Crippen LogP contribution is 2.26. The third kappa shape index (κ3) is 2.46. The van der Waals surface area contributed by atoms with E-state index < -0.39 is 0 Å². The summed E-state index contributed by atoms with van der Waals surface area (Å²) < 4.78 is 0.781. The summed E-state index contributed by atoms with van der Waals surface area (Å²) in [5, 5.41) is 0. The van der Waals surface area contributed by atoms with Crippen molar-refractivity contribution in [2.75, 3.05) is 18.8 Å². The highest BCUT2D eigenvalue weighted by Gasteiger charge is 2.29. The maximum Gasteiger partial charge on any atom is 0.253 e. The molecule has 0 radical (unpaired) electrons. The van der Waals surface area contributed by atoms with Gasteiger partial charge in [-0.2, -0.15) is 0 Å². The van der Waals surface area contributed by atoms with Crippen molar-refractivity contribution in [2.24, 2.45) is 11.8 Å². The van der Waals surface area contributed by atoms with Crippen LogP contribution in [0.25, 0.3) is 0 Å². The molecule has 1 aliphatic rings. The van der Waals surface area contributed by atoms with Crippen LogP contribution in [0.2, 0.25) is 0 Å². The number of carbonyl (C=O) groups excluding carboxylic acids is 1. The van der Waals surface area contributed by atoms with Gasteiger partial charge in [0.1, 0.15) is 0 Å². The molecule has 0 aliphatic carbocycles. The normalized spacial score (nSPS) is 24.1. The minimum absolute atomic E-state index is 0.0990. The van der Waals surface area contributed by atoms with Gasteiger partial charge in [-0.25, -0.2) is 0 Å². The Hall–Kier alpha value is -1.03. The first-order chi connectivity index (χ1) is 7.99. The average molecular weight is 297 g/mol. The number of amides is 1. The fraction of sp³-hybridized carbons (Fsp3) is 0.462. The van der Waals surface area contributed by atoms with E-state index in [9.17, 15) is 4.79 Å². The second-order valence-corrected chi connectivity index (χ2v) is 5.76. The molecule has 2 unspecified atom stereocenters. The zero-order valence-electron chi connectivity index (χ0n) is 10.1. The van der Waals surface area contributed by atoms with Gasteiger partial charge < -0.3 is 10.6 Å². The summed E-state index contributed by atoms with van der Waals surface area (Å²) in [7, 11) is 0. The van der Waals surface area contributed by atoms with Gasteiger partial charge in [-0.3, -0.25) is 4.79 Å². The molecule has 1 amide bonds. The van der Waals surface area contributed by atoms with Crippen LogP contribution >= 0.6 is 15.9 Å². The van der Waals surface area contributed by atoms with E-state index in [2.05, 4.69) is 29.8 Å². The Morgan fingerprint density at radius 1 is 1.35 bits per heavy atom. The molecule has 0 saturated carbocycles. The molecule has 1 saturated heterocycles. The summed E-state index contributed by atoms with van der Waals surface area (Å²) in [5.74, 6) is 1.26. The van der Waals surface area contributed by atoms with Crippen molar-refractivity contribution >= 4 is 27.5 Å². The monoisotopic (exact) mass is 296 g/mol. The van der Waals surface area contributed by atoms with E-state index in [1.54, 1.807) is 18.2 Å². The zero-order chi connectivity index (χ0) is 12.6. The first-order valence-corrected chi connectivity index (χ1v) is 6.62. The number of halogens is 1. The van der Waals surface area contributed by atoms with Crippen molar-refractivity contribution in [1.82, 2.24) is 4.90 Å². The van der Waals surface area contributed by atoms with Crippen molar-refractivity contribution in [3.63, 3.8) is 0 Å². The number of hydrogen-bond acceptors (Lipinski definition) is 2. The highest BCUT2D eigenvalue weighted by molar-refractivity contribution is 9.10. The first kappa shape index (κ1) is 12.4. The number of rotatable bonds is 1. The molecule has 92 valence electrons. The number of hydrogen-bond donors (Lipinski definition) is 1. The topological polar surface area (TPSA) is 46.3 Å². The largest absolute Gasteiger partial charge is 0.398 e. The van der Waals surface area contributed by atoms with Gasteiger partial charge in [0.25, 0.3) is 5.91 Å². The molecular formula is C13H17BrN2O. The van der Waals surface area contributed by atoms with E-state index >= 15 is 0 Å². The van der Waals surface area contributed by atoms with Crippen molar-refractivity contribution in [3.05, 3.63) is 28.2 Å². The molecule has 1 aromatic carbocycles. The van der Waals surface area contributed by atoms with Crippen molar-refractivity contribution in [3.8, 4) is 0 Å². The van der Waals surface area contributed by atoms with Crippen LogP contribution in [0.3, 0.4) is 0 Å². The van der Waals surface area contributed by atoms with E-state index in [-0.39, 0.29) is 5.91 Å². The molecule has 2 rings (SSSR count). The molecule has 3 nitrogen and oxygen atoms in total. The minimum Gasteiger partial charge on any atom is -0.398 e. The van der Waals surface area contributed by atoms with Gasteiger partial charge in [-0.1, -0.05) is 13.8 Å². The van der Waals surface area contributed by atoms with Gasteiger partial charge in [-0.15, -0.1) is 0 Å². The van der Waals surface area contributed by atoms with Crippen LogP contribution in [0, 0.1) is 11.8 Å². The van der Waals surface area contributed by atoms with Crippen LogP contribution in [0.15, 0.2) is 22.7 Å². The van der Waals surface area contributed by atoms with E-state index in [4.69, 9.17) is 5.73 Å². The summed E-state index contributed by atoms with van der Waals surface area (Å²) in [5.41, 5.74) is 7.07. The Morgan fingerprint density at radius 2 is 1.94 bits per heavy atom. The number of nitrogens with zero attached hydrogens (tertiary/aromatic N) is 1. The smallest absolute Gasteiger partial charge is 0.253 e. The summed E-state index contributed by atoms with van der Waals surface area (Å²) in [4.78, 5) is 14.2. The van der Waals surface area contributed by atoms with Gasteiger partial charge in [-0.05, 0) is 46.0 Å². The Labute approximate surface area is 110 Å². The number of nitrogens with two attached hydrogens (primary N) is 1. The zero-order valence-corrected chi connectivity index (χ0v) is 11.7. The molecule has 0 aromatic heterocycles. The lowest BCUT2D eigenvalue weighted by Crippen LogP contribution is -2.28. The maximum atomic E-state index is 12.3. The number of likely N-dealkylation sites (tertiary alicyclic amines) is 1. The lowest BCUT2D eigenvalue weighted by atomic mass is 10.0. The van der Waals surface area contributed by atoms with Gasteiger partial charge >= 0.3 is 0 Å². The van der Waals surface area contributed by atoms with Gasteiger partial charge in [0.05, 0.1) is 0 Å². The highest BCUT2D eigenvalue weighted by atomic mass is 79.9. The molecule has 4 heteroatoms. The van der Waals surface area contributed by atoms with E-state index in [1.807, 2.05) is 4.90 Å². The van der Waals surface area contributed by atoms with E-state index in [0.717, 1.165) is 17.6 Å². The van der Waals surface area contributed by atoms with Crippen LogP contribution < -0.4 is 5.73 Å². The third-order valence-electron chi connectivity index (χ3n) is 3.52. The number of benzene rings is 1. The van der Waals surface area contributed by atoms with Crippen molar-refractivity contribution in [1.29, 1.82) is 0 Å². The van der Waals surface area contributed by atoms with Gasteiger partial charge in [0.15, 0.2) is 0 Å². The standard InChI is InChI=1S/C13H17BrN2O/c1-8-6-16(7-9(8)2)13(17)10-3-4-12(15)11(14)5-10/h3-5,8-9H,6-7,15H2,1-2H3. The summed E-state index contributed by atoms with van der Waals surface area (Å²) >= 11 is 3.35. The number of nitrogen functional groups attached to an aromatic ring is 1. The summed E-state index contributed by atoms with van der Waals surface area (Å²) in [6.45, 7) is 6.08. The van der Waals surface area contributed by atoms with Gasteiger partial charge in [0, 0.05) is 28.8 Å². The quantitative estimate of drug-likeness (QED) is 0.810. The fourth-order valence-corrected chi connectivity index (χ4v) is 2.52. The molecule has 0 spiro atoms.